The van der Waals surface area contributed by atoms with Gasteiger partial charge in [0.25, 0.3) is 9.05 Å². The minimum Gasteiger partial charge on any atom is -0.404 e. The van der Waals surface area contributed by atoms with E-state index in [-0.39, 0.29) is 6.07 Å². The molecular formula is C8H3ClF6O3S. The third-order valence-corrected chi connectivity index (χ3v) is 3.13. The molecule has 0 N–H and O–H groups in total. The summed E-state index contributed by atoms with van der Waals surface area (Å²) in [5, 5.41) is 0. The van der Waals surface area contributed by atoms with Crippen molar-refractivity contribution in [1.29, 1.82) is 0 Å². The SMILES string of the molecule is O=S(=O)(Cl)c1c(OC(F)(F)F)cccc1C(F)(F)F. The van der Waals surface area contributed by atoms with Crippen molar-refractivity contribution in [3.05, 3.63) is 23.8 Å². The molecule has 0 saturated carbocycles. The van der Waals surface area contributed by atoms with Crippen molar-refractivity contribution < 1.29 is 39.5 Å². The zero-order chi connectivity index (χ0) is 15.1. The minimum atomic E-state index is -5.36. The predicted molar refractivity (Wildman–Crippen MR) is 51.2 cm³/mol. The molecule has 0 saturated heterocycles. The second kappa shape index (κ2) is 4.75. The summed E-state index contributed by atoms with van der Waals surface area (Å²) in [6.07, 6.45) is -10.6. The first-order valence-corrected chi connectivity index (χ1v) is 6.54. The molecule has 0 spiro atoms. The normalized spacial score (nSPS) is 13.4. The summed E-state index contributed by atoms with van der Waals surface area (Å²) < 4.78 is 98.9. The number of rotatable bonds is 2. The molecule has 0 amide bonds. The zero-order valence-electron chi connectivity index (χ0n) is 8.51. The van der Waals surface area contributed by atoms with E-state index >= 15 is 0 Å². The molecule has 1 aromatic carbocycles. The van der Waals surface area contributed by atoms with E-state index in [1.807, 2.05) is 0 Å². The van der Waals surface area contributed by atoms with Gasteiger partial charge >= 0.3 is 12.5 Å². The molecule has 19 heavy (non-hydrogen) atoms. The Morgan fingerprint density at radius 1 is 1.05 bits per heavy atom. The maximum absolute atomic E-state index is 12.5. The van der Waals surface area contributed by atoms with Gasteiger partial charge in [0.05, 0.1) is 5.56 Å². The van der Waals surface area contributed by atoms with Crippen LogP contribution in [-0.2, 0) is 15.2 Å². The van der Waals surface area contributed by atoms with Crippen molar-refractivity contribution >= 4 is 19.7 Å². The lowest BCUT2D eigenvalue weighted by atomic mass is 10.2. The van der Waals surface area contributed by atoms with Crippen LogP contribution in [0.4, 0.5) is 26.3 Å². The van der Waals surface area contributed by atoms with Gasteiger partial charge in [0.15, 0.2) is 0 Å². The van der Waals surface area contributed by atoms with Gasteiger partial charge in [-0.15, -0.1) is 13.2 Å². The first kappa shape index (κ1) is 15.9. The van der Waals surface area contributed by atoms with Crippen molar-refractivity contribution in [3.63, 3.8) is 0 Å². The van der Waals surface area contributed by atoms with Crippen LogP contribution in [0.5, 0.6) is 5.75 Å². The van der Waals surface area contributed by atoms with Gasteiger partial charge in [-0.25, -0.2) is 8.42 Å². The highest BCUT2D eigenvalue weighted by Crippen LogP contribution is 2.41. The zero-order valence-corrected chi connectivity index (χ0v) is 10.1. The van der Waals surface area contributed by atoms with Crippen LogP contribution in [0.1, 0.15) is 5.56 Å². The number of hydrogen-bond donors (Lipinski definition) is 0. The second-order valence-electron chi connectivity index (χ2n) is 3.12. The van der Waals surface area contributed by atoms with E-state index in [2.05, 4.69) is 4.74 Å². The molecule has 108 valence electrons. The summed E-state index contributed by atoms with van der Waals surface area (Å²) in [4.78, 5) is -1.78. The first-order valence-electron chi connectivity index (χ1n) is 4.23. The van der Waals surface area contributed by atoms with Crippen LogP contribution in [0.15, 0.2) is 23.1 Å². The molecule has 0 heterocycles. The highest BCUT2D eigenvalue weighted by molar-refractivity contribution is 8.13. The Labute approximate surface area is 107 Å². The number of benzene rings is 1. The fraction of sp³-hybridized carbons (Fsp3) is 0.250. The average Bonchev–Trinajstić information content (AvgIpc) is 2.11. The third-order valence-electron chi connectivity index (χ3n) is 1.75. The van der Waals surface area contributed by atoms with Gasteiger partial charge in [-0.2, -0.15) is 13.2 Å². The lowest BCUT2D eigenvalue weighted by Gasteiger charge is -2.16. The van der Waals surface area contributed by atoms with E-state index in [1.54, 1.807) is 0 Å². The molecule has 0 aliphatic carbocycles. The predicted octanol–water partition coefficient (Wildman–Crippen LogP) is 3.53. The number of hydrogen-bond acceptors (Lipinski definition) is 3. The van der Waals surface area contributed by atoms with Crippen molar-refractivity contribution in [2.45, 2.75) is 17.4 Å². The maximum Gasteiger partial charge on any atom is 0.573 e. The van der Waals surface area contributed by atoms with E-state index in [4.69, 9.17) is 10.7 Å². The lowest BCUT2D eigenvalue weighted by Crippen LogP contribution is -2.20. The van der Waals surface area contributed by atoms with Crippen LogP contribution in [0.25, 0.3) is 0 Å². The molecule has 0 radical (unpaired) electrons. The molecule has 0 bridgehead atoms. The summed E-state index contributed by atoms with van der Waals surface area (Å²) in [5.41, 5.74) is -1.84. The Kier molecular flexibility index (Phi) is 3.97. The van der Waals surface area contributed by atoms with E-state index in [0.717, 1.165) is 0 Å². The molecule has 11 heteroatoms. The van der Waals surface area contributed by atoms with Crippen LogP contribution in [0, 0.1) is 0 Å². The maximum atomic E-state index is 12.5. The monoisotopic (exact) mass is 328 g/mol. The average molecular weight is 329 g/mol. The number of alkyl halides is 6. The topological polar surface area (TPSA) is 43.4 Å². The van der Waals surface area contributed by atoms with E-state index < -0.39 is 37.8 Å². The Bertz CT molecular complexity index is 577. The molecule has 0 atom stereocenters. The Hall–Kier alpha value is -1.16. The van der Waals surface area contributed by atoms with E-state index in [9.17, 15) is 34.8 Å². The second-order valence-corrected chi connectivity index (χ2v) is 5.62. The van der Waals surface area contributed by atoms with Crippen molar-refractivity contribution in [2.24, 2.45) is 0 Å². The summed E-state index contributed by atoms with van der Waals surface area (Å²) in [5.74, 6) is -1.54. The summed E-state index contributed by atoms with van der Waals surface area (Å²) in [7, 11) is -0.364. The van der Waals surface area contributed by atoms with Crippen molar-refractivity contribution in [2.75, 3.05) is 0 Å². The molecule has 0 unspecified atom stereocenters. The summed E-state index contributed by atoms with van der Waals surface area (Å²) in [6, 6.07) is 1.26. The van der Waals surface area contributed by atoms with Crippen LogP contribution in [0.2, 0.25) is 0 Å². The van der Waals surface area contributed by atoms with Gasteiger partial charge in [0, 0.05) is 10.7 Å². The quantitative estimate of drug-likeness (QED) is 0.616. The molecule has 0 fully saturated rings. The number of halogens is 7. The summed E-state index contributed by atoms with van der Waals surface area (Å²) in [6.45, 7) is 0. The van der Waals surface area contributed by atoms with Gasteiger partial charge in [-0.3, -0.25) is 0 Å². The van der Waals surface area contributed by atoms with Crippen LogP contribution in [-0.4, -0.2) is 14.8 Å². The Morgan fingerprint density at radius 3 is 1.95 bits per heavy atom. The largest absolute Gasteiger partial charge is 0.573 e. The van der Waals surface area contributed by atoms with Crippen LogP contribution < -0.4 is 4.74 Å². The minimum absolute atomic E-state index is 0.276. The van der Waals surface area contributed by atoms with Crippen molar-refractivity contribution in [3.8, 4) is 5.75 Å². The summed E-state index contributed by atoms with van der Waals surface area (Å²) >= 11 is 0. The number of ether oxygens (including phenoxy) is 1. The molecule has 0 aliphatic heterocycles. The Morgan fingerprint density at radius 2 is 1.58 bits per heavy atom. The molecule has 1 rings (SSSR count). The van der Waals surface area contributed by atoms with Gasteiger partial charge in [0.2, 0.25) is 0 Å². The highest BCUT2D eigenvalue weighted by Gasteiger charge is 2.41. The first-order chi connectivity index (χ1) is 8.32. The molecule has 0 aliphatic rings. The molecule has 1 aromatic rings. The Balaban J connectivity index is 3.59. The third kappa shape index (κ3) is 4.16. The fourth-order valence-electron chi connectivity index (χ4n) is 1.20. The molecule has 0 aromatic heterocycles. The standard InChI is InChI=1S/C8H3ClF6O3S/c9-19(16,17)6-4(7(10,11)12)2-1-3-5(6)18-8(13,14)15/h1-3H. The van der Waals surface area contributed by atoms with Gasteiger partial charge < -0.3 is 4.74 Å². The van der Waals surface area contributed by atoms with Gasteiger partial charge in [-0.05, 0) is 12.1 Å². The molecule has 3 nitrogen and oxygen atoms in total. The smallest absolute Gasteiger partial charge is 0.404 e. The molecular weight excluding hydrogens is 326 g/mol. The van der Waals surface area contributed by atoms with Gasteiger partial charge in [0.1, 0.15) is 10.6 Å². The van der Waals surface area contributed by atoms with Crippen molar-refractivity contribution in [1.82, 2.24) is 0 Å². The van der Waals surface area contributed by atoms with Crippen LogP contribution >= 0.6 is 10.7 Å². The highest BCUT2D eigenvalue weighted by atomic mass is 35.7. The lowest BCUT2D eigenvalue weighted by molar-refractivity contribution is -0.275. The van der Waals surface area contributed by atoms with Gasteiger partial charge in [-0.1, -0.05) is 6.07 Å². The fourth-order valence-corrected chi connectivity index (χ4v) is 2.47. The van der Waals surface area contributed by atoms with E-state index in [1.165, 1.54) is 0 Å². The van der Waals surface area contributed by atoms with Crippen LogP contribution in [0.3, 0.4) is 0 Å². The van der Waals surface area contributed by atoms with E-state index in [0.29, 0.717) is 12.1 Å².